The minimum Gasteiger partial charge on any atom is -0.439 e. The molecule has 1 N–H and O–H groups in total. The monoisotopic (exact) mass is 509 g/mol. The highest BCUT2D eigenvalue weighted by Crippen LogP contribution is 2.20. The van der Waals surface area contributed by atoms with Crippen LogP contribution in [0.1, 0.15) is 11.3 Å². The van der Waals surface area contributed by atoms with Gasteiger partial charge >= 0.3 is 0 Å². The second-order valence-corrected chi connectivity index (χ2v) is 6.43. The van der Waals surface area contributed by atoms with E-state index in [9.17, 15) is 4.39 Å². The van der Waals surface area contributed by atoms with Gasteiger partial charge in [0.2, 0.25) is 5.88 Å². The van der Waals surface area contributed by atoms with E-state index in [1.165, 1.54) is 17.8 Å². The Morgan fingerprint density at radius 3 is 2.66 bits per heavy atom. The minimum absolute atomic E-state index is 0. The van der Waals surface area contributed by atoms with Gasteiger partial charge in [-0.3, -0.25) is 4.99 Å². The van der Waals surface area contributed by atoms with Gasteiger partial charge in [-0.15, -0.1) is 24.0 Å². The van der Waals surface area contributed by atoms with Gasteiger partial charge in [-0.2, -0.15) is 0 Å². The SMILES string of the molecule is CN=C(NCc1ccnc(Oc2ccc(F)cc2)c1)N(C)Cc1cccn1C.I. The lowest BCUT2D eigenvalue weighted by molar-refractivity contribution is 0.457. The zero-order valence-electron chi connectivity index (χ0n) is 16.7. The molecule has 0 saturated carbocycles. The molecule has 0 saturated heterocycles. The fourth-order valence-corrected chi connectivity index (χ4v) is 2.78. The number of pyridine rings is 1. The molecule has 0 unspecified atom stereocenters. The van der Waals surface area contributed by atoms with E-state index in [4.69, 9.17) is 4.74 Å². The third kappa shape index (κ3) is 6.45. The zero-order valence-corrected chi connectivity index (χ0v) is 19.0. The largest absolute Gasteiger partial charge is 0.439 e. The zero-order chi connectivity index (χ0) is 19.9. The fourth-order valence-electron chi connectivity index (χ4n) is 2.78. The Labute approximate surface area is 187 Å². The second-order valence-electron chi connectivity index (χ2n) is 6.43. The maximum atomic E-state index is 13.0. The van der Waals surface area contributed by atoms with Gasteiger partial charge in [-0.1, -0.05) is 0 Å². The molecule has 6 nitrogen and oxygen atoms in total. The van der Waals surface area contributed by atoms with Gasteiger partial charge in [0.15, 0.2) is 5.96 Å². The summed E-state index contributed by atoms with van der Waals surface area (Å²) in [6.45, 7) is 1.32. The van der Waals surface area contributed by atoms with Crippen LogP contribution in [0.2, 0.25) is 0 Å². The van der Waals surface area contributed by atoms with Crippen molar-refractivity contribution >= 4 is 29.9 Å². The van der Waals surface area contributed by atoms with Crippen molar-refractivity contribution in [3.05, 3.63) is 78.0 Å². The Kier molecular flexibility index (Phi) is 8.44. The molecule has 0 radical (unpaired) electrons. The number of nitrogens with zero attached hydrogens (tertiary/aromatic N) is 4. The Morgan fingerprint density at radius 2 is 2.00 bits per heavy atom. The van der Waals surface area contributed by atoms with Crippen LogP contribution in [0.25, 0.3) is 0 Å². The van der Waals surface area contributed by atoms with Gasteiger partial charge in [0.1, 0.15) is 11.6 Å². The number of ether oxygens (including phenoxy) is 1. The average Bonchev–Trinajstić information content (AvgIpc) is 3.09. The highest BCUT2D eigenvalue weighted by molar-refractivity contribution is 14.0. The molecule has 2 heterocycles. The van der Waals surface area contributed by atoms with Crippen LogP contribution in [0.3, 0.4) is 0 Å². The van der Waals surface area contributed by atoms with Crippen molar-refractivity contribution in [1.82, 2.24) is 19.8 Å². The fraction of sp³-hybridized carbons (Fsp3) is 0.238. The van der Waals surface area contributed by atoms with Crippen molar-refractivity contribution in [1.29, 1.82) is 0 Å². The van der Waals surface area contributed by atoms with Crippen molar-refractivity contribution in [2.75, 3.05) is 14.1 Å². The van der Waals surface area contributed by atoms with Crippen molar-refractivity contribution in [3.8, 4) is 11.6 Å². The summed E-state index contributed by atoms with van der Waals surface area (Å²) < 4.78 is 20.8. The molecule has 3 aromatic rings. The van der Waals surface area contributed by atoms with Crippen molar-refractivity contribution in [2.45, 2.75) is 13.1 Å². The van der Waals surface area contributed by atoms with Crippen LogP contribution in [-0.4, -0.2) is 34.5 Å². The number of rotatable bonds is 6. The number of hydrogen-bond donors (Lipinski definition) is 1. The number of aryl methyl sites for hydroxylation is 1. The lowest BCUT2D eigenvalue weighted by Crippen LogP contribution is -2.38. The van der Waals surface area contributed by atoms with Gasteiger partial charge in [0.25, 0.3) is 0 Å². The first-order chi connectivity index (χ1) is 13.5. The molecule has 0 spiro atoms. The summed E-state index contributed by atoms with van der Waals surface area (Å²) in [6, 6.07) is 13.7. The van der Waals surface area contributed by atoms with Crippen molar-refractivity contribution in [2.24, 2.45) is 12.0 Å². The topological polar surface area (TPSA) is 54.7 Å². The van der Waals surface area contributed by atoms with Gasteiger partial charge in [0, 0.05) is 51.8 Å². The lowest BCUT2D eigenvalue weighted by Gasteiger charge is -2.22. The molecule has 0 fully saturated rings. The van der Waals surface area contributed by atoms with E-state index in [-0.39, 0.29) is 29.8 Å². The first-order valence-electron chi connectivity index (χ1n) is 8.95. The van der Waals surface area contributed by atoms with Gasteiger partial charge in [-0.25, -0.2) is 9.37 Å². The van der Waals surface area contributed by atoms with Crippen LogP contribution in [0, 0.1) is 5.82 Å². The standard InChI is InChI=1S/C21H24FN5O.HI/c1-23-21(27(3)15-18-5-4-12-26(18)2)25-14-16-10-11-24-20(13-16)28-19-8-6-17(22)7-9-19;/h4-13H,14-15H2,1-3H3,(H,23,25);1H. The third-order valence-electron chi connectivity index (χ3n) is 4.31. The van der Waals surface area contributed by atoms with Crippen LogP contribution in [0.4, 0.5) is 4.39 Å². The van der Waals surface area contributed by atoms with E-state index in [0.29, 0.717) is 18.2 Å². The smallest absolute Gasteiger partial charge is 0.219 e. The first kappa shape index (κ1) is 22.7. The van der Waals surface area contributed by atoms with E-state index in [1.807, 2.05) is 38.5 Å². The summed E-state index contributed by atoms with van der Waals surface area (Å²) in [5.41, 5.74) is 2.20. The molecule has 1 aromatic carbocycles. The molecular weight excluding hydrogens is 484 g/mol. The summed E-state index contributed by atoms with van der Waals surface area (Å²) in [5, 5.41) is 3.35. The molecule has 154 valence electrons. The van der Waals surface area contributed by atoms with Crippen LogP contribution < -0.4 is 10.1 Å². The molecule has 0 aliphatic heterocycles. The highest BCUT2D eigenvalue weighted by atomic mass is 127. The van der Waals surface area contributed by atoms with E-state index in [2.05, 4.69) is 30.8 Å². The molecule has 29 heavy (non-hydrogen) atoms. The van der Waals surface area contributed by atoms with Crippen LogP contribution >= 0.6 is 24.0 Å². The quantitative estimate of drug-likeness (QED) is 0.308. The van der Waals surface area contributed by atoms with E-state index >= 15 is 0 Å². The molecule has 0 aliphatic rings. The lowest BCUT2D eigenvalue weighted by atomic mass is 10.2. The maximum Gasteiger partial charge on any atom is 0.219 e. The van der Waals surface area contributed by atoms with Crippen LogP contribution in [-0.2, 0) is 20.1 Å². The normalized spacial score (nSPS) is 11.0. The number of aliphatic imine (C=N–C) groups is 1. The summed E-state index contributed by atoms with van der Waals surface area (Å²) in [6.07, 6.45) is 3.71. The van der Waals surface area contributed by atoms with Gasteiger partial charge in [-0.05, 0) is 48.0 Å². The van der Waals surface area contributed by atoms with Gasteiger partial charge in [0.05, 0.1) is 6.54 Å². The van der Waals surface area contributed by atoms with Gasteiger partial charge < -0.3 is 19.5 Å². The molecule has 0 aliphatic carbocycles. The Bertz CT molecular complexity index is 942. The molecule has 0 amide bonds. The second kappa shape index (κ2) is 10.8. The summed E-state index contributed by atoms with van der Waals surface area (Å²) in [4.78, 5) is 10.6. The van der Waals surface area contributed by atoms with E-state index in [0.717, 1.165) is 18.1 Å². The minimum atomic E-state index is -0.302. The number of hydrogen-bond acceptors (Lipinski definition) is 3. The molecule has 0 bridgehead atoms. The number of guanidine groups is 1. The Morgan fingerprint density at radius 1 is 1.24 bits per heavy atom. The predicted octanol–water partition coefficient (Wildman–Crippen LogP) is 4.18. The number of benzene rings is 1. The molecule has 3 rings (SSSR count). The highest BCUT2D eigenvalue weighted by Gasteiger charge is 2.09. The Hall–Kier alpha value is -2.62. The molecular formula is C21H25FIN5O. The molecule has 0 atom stereocenters. The summed E-state index contributed by atoms with van der Waals surface area (Å²) in [5.74, 6) is 1.48. The molecule has 8 heteroatoms. The van der Waals surface area contributed by atoms with Crippen LogP contribution in [0.15, 0.2) is 65.9 Å². The summed E-state index contributed by atoms with van der Waals surface area (Å²) in [7, 11) is 5.79. The van der Waals surface area contributed by atoms with Crippen LogP contribution in [0.5, 0.6) is 11.6 Å². The first-order valence-corrected chi connectivity index (χ1v) is 8.95. The van der Waals surface area contributed by atoms with E-state index < -0.39 is 0 Å². The van der Waals surface area contributed by atoms with E-state index in [1.54, 1.807) is 25.4 Å². The average molecular weight is 509 g/mol. The number of halogens is 2. The third-order valence-corrected chi connectivity index (χ3v) is 4.31. The molecule has 2 aromatic heterocycles. The number of aromatic nitrogens is 2. The van der Waals surface area contributed by atoms with Crippen molar-refractivity contribution in [3.63, 3.8) is 0 Å². The summed E-state index contributed by atoms with van der Waals surface area (Å²) >= 11 is 0. The van der Waals surface area contributed by atoms with Crippen molar-refractivity contribution < 1.29 is 9.13 Å². The Balaban J connectivity index is 0.00000300. The predicted molar refractivity (Wildman–Crippen MR) is 123 cm³/mol. The maximum absolute atomic E-state index is 13.0. The number of nitrogens with one attached hydrogen (secondary N) is 1.